The molecule has 0 spiro atoms. The van der Waals surface area contributed by atoms with Gasteiger partial charge in [-0.15, -0.1) is 0 Å². The van der Waals surface area contributed by atoms with E-state index in [-0.39, 0.29) is 18.3 Å². The molecule has 0 N–H and O–H groups in total. The van der Waals surface area contributed by atoms with Gasteiger partial charge in [-0.1, -0.05) is 34.1 Å². The molecule has 0 unspecified atom stereocenters. The Hall–Kier alpha value is -3.29. The Balaban J connectivity index is 1.39. The van der Waals surface area contributed by atoms with Crippen LogP contribution in [0.25, 0.3) is 6.08 Å². The molecule has 3 aromatic rings. The van der Waals surface area contributed by atoms with E-state index in [4.69, 9.17) is 23.7 Å². The first-order valence-corrected chi connectivity index (χ1v) is 11.8. The minimum Gasteiger partial charge on any atom is -0.493 e. The van der Waals surface area contributed by atoms with Gasteiger partial charge in [-0.25, -0.2) is 0 Å². The molecule has 6 nitrogen and oxygen atoms in total. The third-order valence-corrected chi connectivity index (χ3v) is 6.13. The first kappa shape index (κ1) is 22.5. The fourth-order valence-corrected chi connectivity index (χ4v) is 4.62. The number of carbonyl (C=O) groups is 1. The van der Waals surface area contributed by atoms with Crippen LogP contribution in [0.3, 0.4) is 0 Å². The lowest BCUT2D eigenvalue weighted by Crippen LogP contribution is -2.14. The van der Waals surface area contributed by atoms with Crippen LogP contribution in [-0.4, -0.2) is 19.2 Å². The summed E-state index contributed by atoms with van der Waals surface area (Å²) < 4.78 is 29.8. The molecule has 5 rings (SSSR count). The summed E-state index contributed by atoms with van der Waals surface area (Å²) >= 11 is 3.54. The summed E-state index contributed by atoms with van der Waals surface area (Å²) in [6, 6.07) is 15.1. The van der Waals surface area contributed by atoms with Crippen molar-refractivity contribution in [2.24, 2.45) is 0 Å². The molecule has 3 aromatic carbocycles. The molecule has 7 heteroatoms. The highest BCUT2D eigenvalue weighted by molar-refractivity contribution is 9.10. The van der Waals surface area contributed by atoms with E-state index in [1.165, 1.54) is 0 Å². The average molecular weight is 523 g/mol. The quantitative estimate of drug-likeness (QED) is 0.358. The van der Waals surface area contributed by atoms with Crippen molar-refractivity contribution in [2.45, 2.75) is 27.1 Å². The molecule has 2 aliphatic rings. The monoisotopic (exact) mass is 522 g/mol. The van der Waals surface area contributed by atoms with Crippen LogP contribution in [0.2, 0.25) is 0 Å². The first-order chi connectivity index (χ1) is 16.5. The Kier molecular flexibility index (Phi) is 6.30. The standard InChI is InChI=1S/C27H23BrO6/c1-3-31-23-7-5-4-6-17(23)12-24-25(29)21-8-9-22(16(2)26(21)34-24)32-14-19-11-20(28)10-18-13-30-15-33-27(18)19/h4-12H,3,13-15H2,1-2H3/b24-12-. The number of allylic oxidation sites excluding steroid dienone is 1. The van der Waals surface area contributed by atoms with Crippen molar-refractivity contribution in [3.63, 3.8) is 0 Å². The zero-order valence-electron chi connectivity index (χ0n) is 18.9. The van der Waals surface area contributed by atoms with Gasteiger partial charge in [-0.05, 0) is 50.3 Å². The SMILES string of the molecule is CCOc1ccccc1/C=C1\Oc2c(ccc(OCc3cc(Br)cc4c3OCOC4)c2C)C1=O. The second-order valence-electron chi connectivity index (χ2n) is 7.93. The van der Waals surface area contributed by atoms with Gasteiger partial charge in [0.25, 0.3) is 0 Å². The minimum absolute atomic E-state index is 0.162. The molecule has 34 heavy (non-hydrogen) atoms. The molecule has 0 radical (unpaired) electrons. The largest absolute Gasteiger partial charge is 0.493 e. The summed E-state index contributed by atoms with van der Waals surface area (Å²) in [5.41, 5.74) is 3.96. The number of para-hydroxylation sites is 1. The molecule has 0 saturated heterocycles. The van der Waals surface area contributed by atoms with Crippen molar-refractivity contribution >= 4 is 27.8 Å². The highest BCUT2D eigenvalue weighted by Gasteiger charge is 2.30. The van der Waals surface area contributed by atoms with Gasteiger partial charge in [0.1, 0.15) is 29.6 Å². The number of fused-ring (bicyclic) bond motifs is 2. The summed E-state index contributed by atoms with van der Waals surface area (Å²) in [6.07, 6.45) is 1.72. The predicted octanol–water partition coefficient (Wildman–Crippen LogP) is 6.22. The number of ketones is 1. The molecule has 0 aromatic heterocycles. The zero-order valence-corrected chi connectivity index (χ0v) is 20.4. The second kappa shape index (κ2) is 9.52. The van der Waals surface area contributed by atoms with Crippen LogP contribution in [-0.2, 0) is 18.0 Å². The fourth-order valence-electron chi connectivity index (χ4n) is 4.07. The van der Waals surface area contributed by atoms with Crippen LogP contribution in [0.1, 0.15) is 39.5 Å². The van der Waals surface area contributed by atoms with Crippen molar-refractivity contribution in [2.75, 3.05) is 13.4 Å². The van der Waals surface area contributed by atoms with E-state index >= 15 is 0 Å². The molecule has 0 amide bonds. The highest BCUT2D eigenvalue weighted by Crippen LogP contribution is 2.40. The summed E-state index contributed by atoms with van der Waals surface area (Å²) in [7, 11) is 0. The van der Waals surface area contributed by atoms with Crippen LogP contribution in [0.15, 0.2) is 58.8 Å². The molecule has 2 heterocycles. The minimum atomic E-state index is -0.162. The number of rotatable bonds is 6. The number of hydrogen-bond donors (Lipinski definition) is 0. The second-order valence-corrected chi connectivity index (χ2v) is 8.84. The van der Waals surface area contributed by atoms with Gasteiger partial charge in [0.05, 0.1) is 18.8 Å². The molecule has 2 aliphatic heterocycles. The van der Waals surface area contributed by atoms with Crippen molar-refractivity contribution in [3.8, 4) is 23.0 Å². The highest BCUT2D eigenvalue weighted by atomic mass is 79.9. The summed E-state index contributed by atoms with van der Waals surface area (Å²) in [6.45, 7) is 5.37. The van der Waals surface area contributed by atoms with Gasteiger partial charge in [0.2, 0.25) is 5.78 Å². The summed E-state index contributed by atoms with van der Waals surface area (Å²) in [4.78, 5) is 13.0. The molecule has 0 saturated carbocycles. The molecular weight excluding hydrogens is 500 g/mol. The van der Waals surface area contributed by atoms with Crippen molar-refractivity contribution in [1.82, 2.24) is 0 Å². The van der Waals surface area contributed by atoms with E-state index in [9.17, 15) is 4.79 Å². The lowest BCUT2D eigenvalue weighted by molar-refractivity contribution is -0.0176. The van der Waals surface area contributed by atoms with Crippen LogP contribution >= 0.6 is 15.9 Å². The van der Waals surface area contributed by atoms with E-state index in [0.29, 0.717) is 42.6 Å². The Bertz CT molecular complexity index is 1300. The maximum atomic E-state index is 13.0. The fraction of sp³-hybridized carbons (Fsp3) is 0.222. The zero-order chi connectivity index (χ0) is 23.7. The van der Waals surface area contributed by atoms with Gasteiger partial charge in [-0.2, -0.15) is 0 Å². The third-order valence-electron chi connectivity index (χ3n) is 5.68. The normalized spacial score (nSPS) is 15.4. The average Bonchev–Trinajstić information content (AvgIpc) is 3.16. The van der Waals surface area contributed by atoms with E-state index in [0.717, 1.165) is 32.5 Å². The molecule has 0 fully saturated rings. The topological polar surface area (TPSA) is 63.2 Å². The maximum Gasteiger partial charge on any atom is 0.231 e. The van der Waals surface area contributed by atoms with Gasteiger partial charge in [-0.3, -0.25) is 4.79 Å². The van der Waals surface area contributed by atoms with Crippen molar-refractivity contribution < 1.29 is 28.5 Å². The van der Waals surface area contributed by atoms with Gasteiger partial charge in [0.15, 0.2) is 12.6 Å². The van der Waals surface area contributed by atoms with E-state index in [1.807, 2.05) is 50.2 Å². The van der Waals surface area contributed by atoms with Gasteiger partial charge < -0.3 is 23.7 Å². The maximum absolute atomic E-state index is 13.0. The van der Waals surface area contributed by atoms with Crippen LogP contribution < -0.4 is 18.9 Å². The van der Waals surface area contributed by atoms with Crippen LogP contribution in [0, 0.1) is 6.92 Å². The Morgan fingerprint density at radius 3 is 2.76 bits per heavy atom. The molecule has 0 aliphatic carbocycles. The number of ether oxygens (including phenoxy) is 5. The van der Waals surface area contributed by atoms with Gasteiger partial charge in [0, 0.05) is 26.7 Å². The summed E-state index contributed by atoms with van der Waals surface area (Å²) in [5, 5.41) is 0. The van der Waals surface area contributed by atoms with E-state index in [2.05, 4.69) is 15.9 Å². The number of halogens is 1. The van der Waals surface area contributed by atoms with E-state index in [1.54, 1.807) is 18.2 Å². The predicted molar refractivity (Wildman–Crippen MR) is 130 cm³/mol. The Morgan fingerprint density at radius 2 is 1.91 bits per heavy atom. The Labute approximate surface area is 206 Å². The molecule has 0 atom stereocenters. The smallest absolute Gasteiger partial charge is 0.231 e. The number of hydrogen-bond acceptors (Lipinski definition) is 6. The molecular formula is C27H23BrO6. The lowest BCUT2D eigenvalue weighted by atomic mass is 10.1. The molecule has 174 valence electrons. The first-order valence-electron chi connectivity index (χ1n) is 11.0. The third kappa shape index (κ3) is 4.29. The lowest BCUT2D eigenvalue weighted by Gasteiger charge is -2.21. The number of benzene rings is 3. The van der Waals surface area contributed by atoms with Crippen molar-refractivity contribution in [3.05, 3.63) is 86.6 Å². The Morgan fingerprint density at radius 1 is 1.06 bits per heavy atom. The van der Waals surface area contributed by atoms with Crippen LogP contribution in [0.5, 0.6) is 23.0 Å². The van der Waals surface area contributed by atoms with Crippen molar-refractivity contribution in [1.29, 1.82) is 0 Å². The molecule has 0 bridgehead atoms. The van der Waals surface area contributed by atoms with E-state index < -0.39 is 0 Å². The number of Topliss-reactive ketones (excluding diaryl/α,β-unsaturated/α-hetero) is 1. The van der Waals surface area contributed by atoms with Crippen LogP contribution in [0.4, 0.5) is 0 Å². The van der Waals surface area contributed by atoms with Gasteiger partial charge >= 0.3 is 0 Å². The summed E-state index contributed by atoms with van der Waals surface area (Å²) in [5.74, 6) is 2.75. The number of carbonyl (C=O) groups excluding carboxylic acids is 1.